The molecule has 1 fully saturated rings. The number of rotatable bonds is 3. The van der Waals surface area contributed by atoms with Gasteiger partial charge in [-0.1, -0.05) is 37.0 Å². The van der Waals surface area contributed by atoms with Gasteiger partial charge in [-0.05, 0) is 42.2 Å². The van der Waals surface area contributed by atoms with Gasteiger partial charge in [0.2, 0.25) is 5.91 Å². The zero-order chi connectivity index (χ0) is 16.1. The smallest absolute Gasteiger partial charge is 0.229 e. The van der Waals surface area contributed by atoms with Gasteiger partial charge in [0.15, 0.2) is 0 Å². The van der Waals surface area contributed by atoms with Crippen LogP contribution in [-0.4, -0.2) is 5.91 Å². The molecule has 0 bridgehead atoms. The molecular formula is C16H16Cl2N2OS. The molecule has 22 heavy (non-hydrogen) atoms. The molecule has 1 aromatic rings. The molecule has 0 spiro atoms. The van der Waals surface area contributed by atoms with E-state index < -0.39 is 0 Å². The van der Waals surface area contributed by atoms with E-state index in [0.29, 0.717) is 10.6 Å². The molecule has 1 heterocycles. The molecule has 0 saturated heterocycles. The van der Waals surface area contributed by atoms with Gasteiger partial charge in [0.25, 0.3) is 0 Å². The molecule has 0 unspecified atom stereocenters. The highest BCUT2D eigenvalue weighted by Gasteiger charge is 2.60. The van der Waals surface area contributed by atoms with Crippen molar-refractivity contribution in [1.29, 1.82) is 5.26 Å². The van der Waals surface area contributed by atoms with Crippen LogP contribution in [0.5, 0.6) is 0 Å². The Bertz CT molecular complexity index is 710. The summed E-state index contributed by atoms with van der Waals surface area (Å²) in [4.78, 5) is 13.8. The second kappa shape index (κ2) is 5.56. The Balaban J connectivity index is 1.79. The monoisotopic (exact) mass is 354 g/mol. The summed E-state index contributed by atoms with van der Waals surface area (Å²) in [7, 11) is 0. The van der Waals surface area contributed by atoms with Crippen LogP contribution >= 0.6 is 34.5 Å². The van der Waals surface area contributed by atoms with Crippen LogP contribution in [0, 0.1) is 28.6 Å². The Morgan fingerprint density at radius 1 is 1.45 bits per heavy atom. The van der Waals surface area contributed by atoms with Crippen LogP contribution in [0.15, 0.2) is 10.6 Å². The number of nitrogens with zero attached hydrogens (tertiary/aromatic N) is 1. The molecule has 2 atom stereocenters. The molecule has 6 heteroatoms. The van der Waals surface area contributed by atoms with Gasteiger partial charge in [0.05, 0.1) is 11.5 Å². The second-order valence-corrected chi connectivity index (χ2v) is 8.56. The third-order valence-electron chi connectivity index (χ3n) is 4.77. The zero-order valence-electron chi connectivity index (χ0n) is 12.4. The fourth-order valence-electron chi connectivity index (χ4n) is 3.43. The van der Waals surface area contributed by atoms with Gasteiger partial charge in [0, 0.05) is 4.88 Å². The normalized spacial score (nSPS) is 24.3. The minimum atomic E-state index is -0.163. The highest BCUT2D eigenvalue weighted by Crippen LogP contribution is 2.60. The average molecular weight is 355 g/mol. The molecule has 1 N–H and O–H groups in total. The number of aryl methyl sites for hydroxylation is 1. The number of allylic oxidation sites excluding steroid dienone is 1. The summed E-state index contributed by atoms with van der Waals surface area (Å²) in [5.74, 6) is -0.185. The third kappa shape index (κ3) is 2.56. The van der Waals surface area contributed by atoms with Gasteiger partial charge in [-0.2, -0.15) is 5.26 Å². The maximum absolute atomic E-state index is 12.5. The van der Waals surface area contributed by atoms with Gasteiger partial charge in [-0.25, -0.2) is 0 Å². The van der Waals surface area contributed by atoms with Crippen molar-refractivity contribution in [3.05, 3.63) is 26.6 Å². The first-order valence-corrected chi connectivity index (χ1v) is 8.81. The predicted molar refractivity (Wildman–Crippen MR) is 90.2 cm³/mol. The Kier molecular flexibility index (Phi) is 4.01. The maximum Gasteiger partial charge on any atom is 0.229 e. The lowest BCUT2D eigenvalue weighted by Crippen LogP contribution is -2.16. The lowest BCUT2D eigenvalue weighted by molar-refractivity contribution is -0.118. The predicted octanol–water partition coefficient (Wildman–Crippen LogP) is 4.64. The van der Waals surface area contributed by atoms with E-state index in [1.165, 1.54) is 4.88 Å². The minimum absolute atomic E-state index is 0.0369. The van der Waals surface area contributed by atoms with Crippen molar-refractivity contribution in [2.45, 2.75) is 33.1 Å². The topological polar surface area (TPSA) is 52.9 Å². The number of halogens is 2. The van der Waals surface area contributed by atoms with Crippen LogP contribution in [0.2, 0.25) is 0 Å². The van der Waals surface area contributed by atoms with E-state index >= 15 is 0 Å². The summed E-state index contributed by atoms with van der Waals surface area (Å²) in [5, 5.41) is 13.0. The van der Waals surface area contributed by atoms with Crippen molar-refractivity contribution >= 4 is 45.4 Å². The number of carbonyl (C=O) groups is 1. The number of nitrogens with one attached hydrogen (secondary N) is 1. The number of carbonyl (C=O) groups excluding carboxylic acids is 1. The van der Waals surface area contributed by atoms with E-state index in [0.717, 1.165) is 24.8 Å². The highest BCUT2D eigenvalue weighted by molar-refractivity contribution is 7.16. The summed E-state index contributed by atoms with van der Waals surface area (Å²) in [5.41, 5.74) is 1.61. The quantitative estimate of drug-likeness (QED) is 0.859. The molecule has 0 radical (unpaired) electrons. The molecule has 1 saturated carbocycles. The summed E-state index contributed by atoms with van der Waals surface area (Å²) in [6.07, 6.45) is 4.77. The average Bonchev–Trinajstić information content (AvgIpc) is 2.78. The van der Waals surface area contributed by atoms with Crippen molar-refractivity contribution < 1.29 is 4.79 Å². The lowest BCUT2D eigenvalue weighted by atomic mass is 10.1. The Morgan fingerprint density at radius 2 is 2.18 bits per heavy atom. The molecule has 0 aliphatic heterocycles. The molecule has 1 amide bonds. The van der Waals surface area contributed by atoms with Crippen LogP contribution in [-0.2, 0) is 17.6 Å². The molecule has 2 aliphatic rings. The van der Waals surface area contributed by atoms with Crippen LogP contribution in [0.25, 0.3) is 0 Å². The van der Waals surface area contributed by atoms with Crippen molar-refractivity contribution in [3.8, 4) is 6.07 Å². The van der Waals surface area contributed by atoms with Crippen molar-refractivity contribution in [2.75, 3.05) is 5.32 Å². The van der Waals surface area contributed by atoms with Crippen LogP contribution in [0.4, 0.5) is 5.00 Å². The van der Waals surface area contributed by atoms with Gasteiger partial charge in [0.1, 0.15) is 15.6 Å². The highest BCUT2D eigenvalue weighted by atomic mass is 35.5. The first-order valence-electron chi connectivity index (χ1n) is 7.24. The van der Waals surface area contributed by atoms with Gasteiger partial charge in [-0.3, -0.25) is 4.79 Å². The molecule has 116 valence electrons. The van der Waals surface area contributed by atoms with Crippen LogP contribution < -0.4 is 5.32 Å². The fraction of sp³-hybridized carbons (Fsp3) is 0.500. The van der Waals surface area contributed by atoms with Gasteiger partial charge in [-0.15, -0.1) is 11.3 Å². The number of hydrogen-bond acceptors (Lipinski definition) is 3. The van der Waals surface area contributed by atoms with Crippen molar-refractivity contribution in [1.82, 2.24) is 0 Å². The van der Waals surface area contributed by atoms with Crippen LogP contribution in [0.1, 0.15) is 36.3 Å². The van der Waals surface area contributed by atoms with E-state index in [2.05, 4.69) is 11.4 Å². The molecule has 2 aliphatic carbocycles. The summed E-state index contributed by atoms with van der Waals surface area (Å²) in [6.45, 7) is 4.05. The molecule has 1 aromatic heterocycles. The first kappa shape index (κ1) is 15.9. The van der Waals surface area contributed by atoms with Crippen molar-refractivity contribution in [3.63, 3.8) is 0 Å². The van der Waals surface area contributed by atoms with Gasteiger partial charge < -0.3 is 5.32 Å². The number of fused-ring (bicyclic) bond motifs is 1. The lowest BCUT2D eigenvalue weighted by Gasteiger charge is -2.05. The number of anilines is 1. The van der Waals surface area contributed by atoms with Crippen molar-refractivity contribution in [2.24, 2.45) is 17.3 Å². The Morgan fingerprint density at radius 3 is 2.82 bits per heavy atom. The summed E-state index contributed by atoms with van der Waals surface area (Å²) >= 11 is 13.0. The van der Waals surface area contributed by atoms with E-state index in [-0.39, 0.29) is 27.6 Å². The standard InChI is InChI=1S/C16H16Cl2N2OS/c1-16(2)10(6-12(17)18)13(16)14(21)20-15-9(7-19)8-4-3-5-11(8)22-15/h6,10,13H,3-5H2,1-2H3,(H,20,21)/t10-,13-/m0/s1. The van der Waals surface area contributed by atoms with E-state index in [1.807, 2.05) is 13.8 Å². The molecule has 3 nitrogen and oxygen atoms in total. The maximum atomic E-state index is 12.5. The molecular weight excluding hydrogens is 339 g/mol. The molecule has 3 rings (SSSR count). The number of nitriles is 1. The largest absolute Gasteiger partial charge is 0.316 e. The minimum Gasteiger partial charge on any atom is -0.316 e. The van der Waals surface area contributed by atoms with Crippen LogP contribution in [0.3, 0.4) is 0 Å². The number of amides is 1. The number of thiophene rings is 1. The number of hydrogen-bond donors (Lipinski definition) is 1. The van der Waals surface area contributed by atoms with E-state index in [9.17, 15) is 10.1 Å². The molecule has 0 aromatic carbocycles. The SMILES string of the molecule is CC1(C)[C@H](C(=O)Nc2sc3c(c2C#N)CCC3)[C@@H]1C=C(Cl)Cl. The third-order valence-corrected chi connectivity index (χ3v) is 6.23. The zero-order valence-corrected chi connectivity index (χ0v) is 14.7. The fourth-order valence-corrected chi connectivity index (χ4v) is 4.94. The second-order valence-electron chi connectivity index (χ2n) is 6.44. The first-order chi connectivity index (χ1) is 10.4. The van der Waals surface area contributed by atoms with E-state index in [4.69, 9.17) is 23.2 Å². The van der Waals surface area contributed by atoms with E-state index in [1.54, 1.807) is 17.4 Å². The Labute approximate surface area is 143 Å². The summed E-state index contributed by atoms with van der Waals surface area (Å²) in [6, 6.07) is 2.25. The summed E-state index contributed by atoms with van der Waals surface area (Å²) < 4.78 is 0.196. The van der Waals surface area contributed by atoms with Gasteiger partial charge >= 0.3 is 0 Å². The Hall–Kier alpha value is -1.02.